The van der Waals surface area contributed by atoms with Crippen molar-refractivity contribution in [2.24, 2.45) is 0 Å². The molecule has 0 unspecified atom stereocenters. The summed E-state index contributed by atoms with van der Waals surface area (Å²) in [5.74, 6) is 0.808. The van der Waals surface area contributed by atoms with Gasteiger partial charge in [-0.3, -0.25) is 0 Å². The quantitative estimate of drug-likeness (QED) is 0.222. The van der Waals surface area contributed by atoms with E-state index in [9.17, 15) is 0 Å². The molecule has 0 aliphatic carbocycles. The fourth-order valence-corrected chi connectivity index (χ4v) is 6.02. The lowest BCUT2D eigenvalue weighted by Gasteiger charge is -2.07. The molecule has 2 aliphatic heterocycles. The van der Waals surface area contributed by atoms with E-state index in [2.05, 4.69) is 125 Å². The molecular formula is C39H28N4O. The average Bonchev–Trinajstić information content (AvgIpc) is 3.90. The van der Waals surface area contributed by atoms with Crippen LogP contribution in [0.1, 0.15) is 22.8 Å². The normalized spacial score (nSPS) is 12.0. The highest BCUT2D eigenvalue weighted by molar-refractivity contribution is 5.97. The summed E-state index contributed by atoms with van der Waals surface area (Å²) in [5.41, 5.74) is 13.8. The van der Waals surface area contributed by atoms with Gasteiger partial charge >= 0.3 is 0 Å². The van der Waals surface area contributed by atoms with Crippen molar-refractivity contribution in [1.82, 2.24) is 19.9 Å². The lowest BCUT2D eigenvalue weighted by Crippen LogP contribution is -1.89. The van der Waals surface area contributed by atoms with Crippen molar-refractivity contribution < 1.29 is 4.74 Å². The molecule has 5 nitrogen and oxygen atoms in total. The Morgan fingerprint density at radius 1 is 0.477 bits per heavy atom. The number of aromatic nitrogens is 4. The van der Waals surface area contributed by atoms with Gasteiger partial charge in [0, 0.05) is 38.8 Å². The van der Waals surface area contributed by atoms with E-state index in [1.54, 1.807) is 7.11 Å². The minimum atomic E-state index is 0.808. The lowest BCUT2D eigenvalue weighted by molar-refractivity contribution is 0.415. The second kappa shape index (κ2) is 10.7. The lowest BCUT2D eigenvalue weighted by atomic mass is 10.0. The first-order valence-corrected chi connectivity index (χ1v) is 14.6. The fraction of sp³-hybridized carbons (Fsp3) is 0.0256. The van der Waals surface area contributed by atoms with Crippen molar-refractivity contribution in [2.75, 3.05) is 7.11 Å². The van der Waals surface area contributed by atoms with Gasteiger partial charge in [-0.2, -0.15) is 0 Å². The van der Waals surface area contributed by atoms with Gasteiger partial charge in [0.1, 0.15) is 5.75 Å². The molecule has 0 saturated carbocycles. The number of fused-ring (bicyclic) bond motifs is 8. The smallest absolute Gasteiger partial charge is 0.118 e. The predicted octanol–water partition coefficient (Wildman–Crippen LogP) is 9.67. The molecule has 0 amide bonds. The number of methoxy groups -OCH3 is 1. The van der Waals surface area contributed by atoms with Gasteiger partial charge in [-0.25, -0.2) is 9.97 Å². The summed E-state index contributed by atoms with van der Waals surface area (Å²) in [5, 5.41) is 0. The maximum atomic E-state index is 5.47. The molecule has 2 aliphatic rings. The fourth-order valence-electron chi connectivity index (χ4n) is 6.02. The van der Waals surface area contributed by atoms with Gasteiger partial charge in [-0.05, 0) is 83.5 Å². The van der Waals surface area contributed by atoms with Crippen LogP contribution in [0.4, 0.5) is 0 Å². The predicted molar refractivity (Wildman–Crippen MR) is 182 cm³/mol. The number of nitrogens with one attached hydrogen (secondary N) is 2. The third kappa shape index (κ3) is 4.61. The molecule has 0 atom stereocenters. The summed E-state index contributed by atoms with van der Waals surface area (Å²) < 4.78 is 5.47. The highest BCUT2D eigenvalue weighted by Gasteiger charge is 2.16. The Labute approximate surface area is 254 Å². The molecule has 6 aromatic rings. The largest absolute Gasteiger partial charge is 0.497 e. The second-order valence-corrected chi connectivity index (χ2v) is 10.8. The van der Waals surface area contributed by atoms with E-state index in [1.807, 2.05) is 24.3 Å². The zero-order chi connectivity index (χ0) is 29.5. The minimum absolute atomic E-state index is 0.808. The van der Waals surface area contributed by atoms with E-state index in [1.165, 1.54) is 0 Å². The zero-order valence-corrected chi connectivity index (χ0v) is 24.1. The third-order valence-electron chi connectivity index (χ3n) is 8.08. The maximum Gasteiger partial charge on any atom is 0.118 e. The molecule has 2 N–H and O–H groups in total. The first kappa shape index (κ1) is 25.7. The number of aromatic amines is 2. The Balaban J connectivity index is 1.53. The number of rotatable bonds is 4. The van der Waals surface area contributed by atoms with Crippen LogP contribution in [0.15, 0.2) is 115 Å². The van der Waals surface area contributed by atoms with Crippen LogP contribution in [-0.2, 0) is 0 Å². The Bertz CT molecular complexity index is 2200. The molecule has 44 heavy (non-hydrogen) atoms. The third-order valence-corrected chi connectivity index (χ3v) is 8.08. The summed E-state index contributed by atoms with van der Waals surface area (Å²) >= 11 is 0. The van der Waals surface area contributed by atoms with Crippen LogP contribution < -0.4 is 4.74 Å². The standard InChI is InChI=1S/C39H28N4O/c1-44-30-16-12-27(13-17-30)39-35-22-20-33(42-35)37(25-8-4-2-5-9-25)31-18-14-28(40-31)24-29-15-19-32(41-29)38(26-10-6-3-7-11-26)34-21-23-36(39)43-34/h2-24,40,43H,1H3. The van der Waals surface area contributed by atoms with E-state index in [0.29, 0.717) is 0 Å². The SMILES string of the molecule is COc1ccc(-c2c3nc(c(-c4ccccc4)c4ccc(cc5nc(c(-c6ccccc6)c6ccc2[nH]6)C=C5)[nH]4)C=C3)cc1. The minimum Gasteiger partial charge on any atom is -0.497 e. The second-order valence-electron chi connectivity index (χ2n) is 10.8. The highest BCUT2D eigenvalue weighted by Crippen LogP contribution is 2.36. The number of nitrogens with zero attached hydrogens (tertiary/aromatic N) is 2. The van der Waals surface area contributed by atoms with Crippen molar-refractivity contribution >= 4 is 46.4 Å². The van der Waals surface area contributed by atoms with Gasteiger partial charge in [-0.15, -0.1) is 0 Å². The van der Waals surface area contributed by atoms with Crippen molar-refractivity contribution in [3.8, 4) is 39.1 Å². The molecule has 3 aromatic carbocycles. The monoisotopic (exact) mass is 568 g/mol. The van der Waals surface area contributed by atoms with Crippen LogP contribution in [0.5, 0.6) is 5.75 Å². The summed E-state index contributed by atoms with van der Waals surface area (Å²) in [6.07, 6.45) is 8.39. The van der Waals surface area contributed by atoms with Crippen molar-refractivity contribution in [3.05, 3.63) is 138 Å². The Kier molecular flexibility index (Phi) is 6.27. The highest BCUT2D eigenvalue weighted by atomic mass is 16.5. The van der Waals surface area contributed by atoms with Crippen LogP contribution in [0.2, 0.25) is 0 Å². The van der Waals surface area contributed by atoms with Gasteiger partial charge < -0.3 is 14.7 Å². The molecule has 0 spiro atoms. The van der Waals surface area contributed by atoms with E-state index >= 15 is 0 Å². The molecule has 0 fully saturated rings. The van der Waals surface area contributed by atoms with Crippen molar-refractivity contribution in [1.29, 1.82) is 0 Å². The molecular weight excluding hydrogens is 540 g/mol. The van der Waals surface area contributed by atoms with Crippen LogP contribution in [0.25, 0.3) is 79.8 Å². The van der Waals surface area contributed by atoms with Crippen LogP contribution in [0, 0.1) is 0 Å². The van der Waals surface area contributed by atoms with Crippen molar-refractivity contribution in [3.63, 3.8) is 0 Å². The van der Waals surface area contributed by atoms with Crippen LogP contribution in [0.3, 0.4) is 0 Å². The molecule has 3 aromatic heterocycles. The van der Waals surface area contributed by atoms with Crippen LogP contribution in [-0.4, -0.2) is 27.0 Å². The van der Waals surface area contributed by atoms with E-state index in [4.69, 9.17) is 14.7 Å². The number of hydrogen-bond acceptors (Lipinski definition) is 3. The van der Waals surface area contributed by atoms with Crippen molar-refractivity contribution in [2.45, 2.75) is 0 Å². The first-order chi connectivity index (χ1) is 21.7. The Morgan fingerprint density at radius 3 is 1.57 bits per heavy atom. The molecule has 8 bridgehead atoms. The van der Waals surface area contributed by atoms with E-state index < -0.39 is 0 Å². The van der Waals surface area contributed by atoms with Gasteiger partial charge in [-0.1, -0.05) is 72.8 Å². The molecule has 5 heteroatoms. The maximum absolute atomic E-state index is 5.47. The number of benzene rings is 3. The number of H-pyrrole nitrogens is 2. The van der Waals surface area contributed by atoms with Gasteiger partial charge in [0.25, 0.3) is 0 Å². The number of hydrogen-bond donors (Lipinski definition) is 2. The van der Waals surface area contributed by atoms with E-state index in [-0.39, 0.29) is 0 Å². The number of ether oxygens (including phenoxy) is 1. The molecule has 0 radical (unpaired) electrons. The molecule has 210 valence electrons. The molecule has 8 rings (SSSR count). The van der Waals surface area contributed by atoms with Crippen LogP contribution >= 0.6 is 0 Å². The Hall–Kier alpha value is -5.94. The summed E-state index contributed by atoms with van der Waals surface area (Å²) in [6, 6.07) is 39.6. The molecule has 5 heterocycles. The summed E-state index contributed by atoms with van der Waals surface area (Å²) in [4.78, 5) is 17.7. The Morgan fingerprint density at radius 2 is 0.977 bits per heavy atom. The zero-order valence-electron chi connectivity index (χ0n) is 24.1. The van der Waals surface area contributed by atoms with Gasteiger partial charge in [0.15, 0.2) is 0 Å². The average molecular weight is 569 g/mol. The van der Waals surface area contributed by atoms with Gasteiger partial charge in [0.2, 0.25) is 0 Å². The summed E-state index contributed by atoms with van der Waals surface area (Å²) in [6.45, 7) is 0. The first-order valence-electron chi connectivity index (χ1n) is 14.6. The summed E-state index contributed by atoms with van der Waals surface area (Å²) in [7, 11) is 1.69. The topological polar surface area (TPSA) is 66.6 Å². The van der Waals surface area contributed by atoms with E-state index in [0.717, 1.165) is 84.0 Å². The van der Waals surface area contributed by atoms with Gasteiger partial charge in [0.05, 0.1) is 29.9 Å². The molecule has 0 saturated heterocycles.